The first-order valence-electron chi connectivity index (χ1n) is 11.0. The van der Waals surface area contributed by atoms with E-state index in [1.165, 1.54) is 0 Å². The number of hydrogen-bond acceptors (Lipinski definition) is 5. The van der Waals surface area contributed by atoms with Crippen molar-refractivity contribution in [2.75, 3.05) is 6.54 Å². The minimum atomic E-state index is -4.48. The Balaban J connectivity index is 1.57. The number of alkyl halides is 3. The van der Waals surface area contributed by atoms with Crippen molar-refractivity contribution in [3.8, 4) is 11.4 Å². The summed E-state index contributed by atoms with van der Waals surface area (Å²) >= 11 is 6.23. The van der Waals surface area contributed by atoms with Crippen LogP contribution in [-0.2, 0) is 12.6 Å². The molecule has 2 atom stereocenters. The highest BCUT2D eigenvalue weighted by atomic mass is 35.5. The average molecular weight is 490 g/mol. The molecule has 0 N–H and O–H groups in total. The number of likely N-dealkylation sites (tertiary alicyclic amines) is 1. The molecule has 1 fully saturated rings. The summed E-state index contributed by atoms with van der Waals surface area (Å²) in [6, 6.07) is 6.65. The molecule has 6 nitrogen and oxygen atoms in total. The van der Waals surface area contributed by atoms with E-state index in [1.807, 2.05) is 4.90 Å². The maximum absolute atomic E-state index is 13.7. The van der Waals surface area contributed by atoms with Gasteiger partial charge in [-0.15, -0.1) is 0 Å². The maximum atomic E-state index is 13.7. The van der Waals surface area contributed by atoms with E-state index in [1.54, 1.807) is 36.7 Å². The first-order chi connectivity index (χ1) is 16.2. The van der Waals surface area contributed by atoms with Crippen LogP contribution >= 0.6 is 11.6 Å². The van der Waals surface area contributed by atoms with Crippen LogP contribution in [0.1, 0.15) is 47.9 Å². The quantitative estimate of drug-likeness (QED) is 0.474. The molecular weight excluding hydrogens is 467 g/mol. The highest BCUT2D eigenvalue weighted by Crippen LogP contribution is 2.32. The molecule has 0 saturated carbocycles. The lowest BCUT2D eigenvalue weighted by atomic mass is 9.87. The fourth-order valence-corrected chi connectivity index (χ4v) is 4.50. The Morgan fingerprint density at radius 3 is 2.53 bits per heavy atom. The Labute approximate surface area is 200 Å². The monoisotopic (exact) mass is 489 g/mol. The lowest BCUT2D eigenvalue weighted by Gasteiger charge is -2.40. The van der Waals surface area contributed by atoms with E-state index >= 15 is 0 Å². The van der Waals surface area contributed by atoms with Gasteiger partial charge in [0.1, 0.15) is 5.82 Å². The average Bonchev–Trinajstić information content (AvgIpc) is 2.83. The third-order valence-corrected chi connectivity index (χ3v) is 6.33. The molecule has 1 aliphatic heterocycles. The van der Waals surface area contributed by atoms with E-state index in [9.17, 15) is 18.0 Å². The predicted molar refractivity (Wildman–Crippen MR) is 121 cm³/mol. The summed E-state index contributed by atoms with van der Waals surface area (Å²) < 4.78 is 38.4. The van der Waals surface area contributed by atoms with Crippen LogP contribution in [0.25, 0.3) is 11.4 Å². The Kier molecular flexibility index (Phi) is 7.11. The molecule has 4 rings (SSSR count). The summed E-state index contributed by atoms with van der Waals surface area (Å²) in [6.45, 7) is 2.65. The van der Waals surface area contributed by atoms with Crippen molar-refractivity contribution in [1.29, 1.82) is 0 Å². The topological polar surface area (TPSA) is 71.9 Å². The van der Waals surface area contributed by atoms with Crippen LogP contribution in [-0.4, -0.2) is 43.3 Å². The van der Waals surface area contributed by atoms with Crippen molar-refractivity contribution in [1.82, 2.24) is 24.8 Å². The molecule has 34 heavy (non-hydrogen) atoms. The van der Waals surface area contributed by atoms with Crippen LogP contribution in [0, 0.1) is 5.92 Å². The van der Waals surface area contributed by atoms with E-state index in [2.05, 4.69) is 26.9 Å². The first kappa shape index (κ1) is 24.1. The smallest absolute Gasteiger partial charge is 0.335 e. The van der Waals surface area contributed by atoms with Crippen molar-refractivity contribution in [2.24, 2.45) is 5.92 Å². The summed E-state index contributed by atoms with van der Waals surface area (Å²) in [5.74, 6) is 0.791. The highest BCUT2D eigenvalue weighted by Gasteiger charge is 2.34. The summed E-state index contributed by atoms with van der Waals surface area (Å²) in [5.41, 5.74) is 0.136. The number of carbonyl (C=O) groups excluding carboxylic acids is 1. The van der Waals surface area contributed by atoms with Gasteiger partial charge in [0, 0.05) is 54.4 Å². The zero-order chi connectivity index (χ0) is 24.3. The zero-order valence-electron chi connectivity index (χ0n) is 18.5. The summed E-state index contributed by atoms with van der Waals surface area (Å²) in [7, 11) is 0. The van der Waals surface area contributed by atoms with Crippen molar-refractivity contribution in [3.05, 3.63) is 71.0 Å². The second-order valence-electron chi connectivity index (χ2n) is 8.37. The van der Waals surface area contributed by atoms with E-state index in [0.29, 0.717) is 47.2 Å². The van der Waals surface area contributed by atoms with Gasteiger partial charge in [-0.1, -0.05) is 18.5 Å². The largest absolute Gasteiger partial charge is 0.419 e. The van der Waals surface area contributed by atoms with Crippen LogP contribution in [0.4, 0.5) is 13.2 Å². The van der Waals surface area contributed by atoms with E-state index in [4.69, 9.17) is 11.6 Å². The molecule has 0 unspecified atom stereocenters. The fraction of sp³-hybridized carbons (Fsp3) is 0.375. The van der Waals surface area contributed by atoms with Crippen LogP contribution in [0.3, 0.4) is 0 Å². The number of halogens is 4. The summed E-state index contributed by atoms with van der Waals surface area (Å²) in [4.78, 5) is 31.9. The highest BCUT2D eigenvalue weighted by molar-refractivity contribution is 6.31. The molecule has 1 saturated heterocycles. The minimum Gasteiger partial charge on any atom is -0.335 e. The number of hydrogen-bond donors (Lipinski definition) is 0. The van der Waals surface area contributed by atoms with Gasteiger partial charge in [0.05, 0.1) is 11.1 Å². The van der Waals surface area contributed by atoms with Gasteiger partial charge in [-0.05, 0) is 49.4 Å². The molecule has 0 aliphatic carbocycles. The van der Waals surface area contributed by atoms with Crippen molar-refractivity contribution < 1.29 is 18.0 Å². The molecular formula is C24H23ClF3N5O. The molecule has 3 heterocycles. The Bertz CT molecular complexity index is 1140. The third-order valence-electron chi connectivity index (χ3n) is 6.09. The van der Waals surface area contributed by atoms with Gasteiger partial charge in [0.25, 0.3) is 5.91 Å². The zero-order valence-corrected chi connectivity index (χ0v) is 19.2. The number of aryl methyl sites for hydroxylation is 1. The number of benzene rings is 1. The lowest BCUT2D eigenvalue weighted by Crippen LogP contribution is -2.48. The lowest BCUT2D eigenvalue weighted by molar-refractivity contribution is -0.138. The molecule has 0 spiro atoms. The van der Waals surface area contributed by atoms with Gasteiger partial charge in [0.2, 0.25) is 0 Å². The van der Waals surface area contributed by atoms with E-state index in [-0.39, 0.29) is 17.9 Å². The Morgan fingerprint density at radius 2 is 1.85 bits per heavy atom. The molecule has 0 bridgehead atoms. The van der Waals surface area contributed by atoms with Crippen molar-refractivity contribution >= 4 is 17.5 Å². The number of amides is 1. The third kappa shape index (κ3) is 5.35. The number of carbonyl (C=O) groups is 1. The molecule has 1 aliphatic rings. The number of piperidine rings is 1. The fourth-order valence-electron chi connectivity index (χ4n) is 4.33. The molecule has 1 amide bonds. The maximum Gasteiger partial charge on any atom is 0.419 e. The summed E-state index contributed by atoms with van der Waals surface area (Å²) in [6.07, 6.45) is 3.06. The predicted octanol–water partition coefficient (Wildman–Crippen LogP) is 5.48. The Hall–Kier alpha value is -3.07. The molecule has 10 heteroatoms. The number of nitrogens with zero attached hydrogens (tertiary/aromatic N) is 5. The number of aromatic nitrogens is 4. The van der Waals surface area contributed by atoms with E-state index < -0.39 is 11.7 Å². The van der Waals surface area contributed by atoms with Crippen LogP contribution < -0.4 is 0 Å². The normalized spacial score (nSPS) is 18.7. The molecule has 0 radical (unpaired) electrons. The van der Waals surface area contributed by atoms with Gasteiger partial charge in [-0.25, -0.2) is 19.9 Å². The first-order valence-corrected chi connectivity index (χ1v) is 11.4. The Morgan fingerprint density at radius 1 is 1.15 bits per heavy atom. The van der Waals surface area contributed by atoms with Crippen molar-refractivity contribution in [2.45, 2.75) is 44.8 Å². The van der Waals surface area contributed by atoms with Gasteiger partial charge >= 0.3 is 6.18 Å². The minimum absolute atomic E-state index is 0.115. The van der Waals surface area contributed by atoms with Crippen LogP contribution in [0.15, 0.2) is 49.1 Å². The molecule has 178 valence electrons. The molecule has 1 aromatic carbocycles. The van der Waals surface area contributed by atoms with Gasteiger partial charge in [-0.2, -0.15) is 13.2 Å². The van der Waals surface area contributed by atoms with Gasteiger partial charge in [-0.3, -0.25) is 4.79 Å². The number of rotatable bonds is 5. The SMILES string of the molecule is C[C@@H]1CCCN(C(=O)c2cc(Cl)ccc2-c2ncccn2)[C@@H]1CCc1ncc(C(F)(F)F)cn1. The summed E-state index contributed by atoms with van der Waals surface area (Å²) in [5, 5.41) is 0.433. The van der Waals surface area contributed by atoms with Crippen molar-refractivity contribution in [3.63, 3.8) is 0 Å². The van der Waals surface area contributed by atoms with Crippen LogP contribution in [0.2, 0.25) is 5.02 Å². The second kappa shape index (κ2) is 10.0. The molecule has 2 aromatic heterocycles. The standard InChI is InChI=1S/C24H23ClF3N5O/c1-15-4-2-11-33(20(15)7-8-21-31-13-16(14-32-21)24(26,27)28)23(34)19-12-17(25)5-6-18(19)22-29-9-3-10-30-22/h3,5-6,9-10,12-15,20H,2,4,7-8,11H2,1H3/t15-,20-/m1/s1. The van der Waals surface area contributed by atoms with E-state index in [0.717, 1.165) is 25.2 Å². The van der Waals surface area contributed by atoms with Crippen LogP contribution in [0.5, 0.6) is 0 Å². The molecule has 3 aromatic rings. The second-order valence-corrected chi connectivity index (χ2v) is 8.81. The van der Waals surface area contributed by atoms with Gasteiger partial charge < -0.3 is 4.90 Å². The van der Waals surface area contributed by atoms with Gasteiger partial charge in [0.15, 0.2) is 5.82 Å².